The first-order valence-electron chi connectivity index (χ1n) is 7.79. The van der Waals surface area contributed by atoms with Crippen molar-refractivity contribution in [1.29, 1.82) is 0 Å². The second kappa shape index (κ2) is 20.0. The van der Waals surface area contributed by atoms with Crippen LogP contribution in [-0.2, 0) is 42.4 Å². The van der Waals surface area contributed by atoms with Crippen molar-refractivity contribution < 1.29 is 52.0 Å². The van der Waals surface area contributed by atoms with Gasteiger partial charge >= 0.3 is 12.2 Å². The van der Waals surface area contributed by atoms with E-state index in [1.165, 1.54) is 0 Å². The molecule has 0 aromatic rings. The third kappa shape index (κ3) is 17.5. The second-order valence-corrected chi connectivity index (χ2v) is 4.70. The number of carbonyl (C=O) groups is 3. The van der Waals surface area contributed by atoms with Crippen molar-refractivity contribution in [1.82, 2.24) is 10.6 Å². The van der Waals surface area contributed by atoms with Gasteiger partial charge < -0.3 is 32.3 Å². The molecule has 0 spiro atoms. The van der Waals surface area contributed by atoms with Crippen LogP contribution in [0.4, 0.5) is 9.59 Å². The van der Waals surface area contributed by atoms with Crippen molar-refractivity contribution in [2.75, 3.05) is 39.5 Å². The van der Waals surface area contributed by atoms with E-state index < -0.39 is 18.3 Å². The number of rotatable bonds is 13. The van der Waals surface area contributed by atoms with Gasteiger partial charge in [0.1, 0.15) is 25.9 Å². The fourth-order valence-electron chi connectivity index (χ4n) is 1.56. The van der Waals surface area contributed by atoms with Crippen molar-refractivity contribution in [2.24, 2.45) is 5.90 Å². The number of hydrogen-bond acceptors (Lipinski definition) is 8. The third-order valence-electron chi connectivity index (χ3n) is 2.64. The maximum atomic E-state index is 11.3. The van der Waals surface area contributed by atoms with Crippen molar-refractivity contribution >= 4 is 18.0 Å². The first kappa shape index (κ1) is 29.4. The zero-order chi connectivity index (χ0) is 18.2. The Morgan fingerprint density at radius 1 is 1.00 bits per heavy atom. The monoisotopic (exact) mass is 415 g/mol. The first-order valence-corrected chi connectivity index (χ1v) is 7.79. The van der Waals surface area contributed by atoms with Gasteiger partial charge in [0.15, 0.2) is 5.78 Å². The largest absolute Gasteiger partial charge is 0.447 e. The summed E-state index contributed by atoms with van der Waals surface area (Å²) in [6.07, 6.45) is -1.10. The normalized spacial score (nSPS) is 9.54. The van der Waals surface area contributed by atoms with Gasteiger partial charge in [0.25, 0.3) is 0 Å². The smallest absolute Gasteiger partial charge is 0.407 e. The van der Waals surface area contributed by atoms with Gasteiger partial charge in [-0.15, -0.1) is 0 Å². The molecule has 0 aliphatic rings. The van der Waals surface area contributed by atoms with Crippen LogP contribution in [-0.4, -0.2) is 63.6 Å². The van der Waals surface area contributed by atoms with E-state index in [0.717, 1.165) is 0 Å². The first-order chi connectivity index (χ1) is 11.5. The molecule has 0 rings (SSSR count). The minimum atomic E-state index is -0.629. The third-order valence-corrected chi connectivity index (χ3v) is 2.64. The number of nitrogens with two attached hydrogens (primary N) is 1. The van der Waals surface area contributed by atoms with Crippen LogP contribution in [0.2, 0.25) is 0 Å². The molecule has 0 saturated heterocycles. The number of Topliss-reactive ketones (excluding diaryl/α,β-unsaturated/α-hetero) is 1. The average molecular weight is 415 g/mol. The Bertz CT molecular complexity index is 364. The Kier molecular flexibility index (Phi) is 22.6. The van der Waals surface area contributed by atoms with Gasteiger partial charge in [-0.1, -0.05) is 0 Å². The zero-order valence-corrected chi connectivity index (χ0v) is 17.0. The standard InChI is InChI=1S/C14H27N3O7.CH3.V/c1-3-16-13(19)22-9-12(10-23-14(20)17-4-2)21-7-5-6-11(18)8-24-15;;/h12H,3-10,15H2,1-2H3,(H,16,19)(H,17,20);1H3;/q;-1;. The SMILES string of the molecule is CCNC(=O)OCC(COC(=O)NCC)OCCCC(=O)CON.[CH3-].[V]. The van der Waals surface area contributed by atoms with E-state index in [0.29, 0.717) is 19.5 Å². The topological polar surface area (TPSA) is 138 Å². The van der Waals surface area contributed by atoms with Gasteiger partial charge in [-0.05, 0) is 20.3 Å². The molecule has 2 amide bonds. The minimum absolute atomic E-state index is 0. The number of ether oxygens (including phenoxy) is 3. The number of alkyl carbamates (subject to hydrolysis) is 2. The molecule has 0 fully saturated rings. The van der Waals surface area contributed by atoms with E-state index in [9.17, 15) is 14.4 Å². The van der Waals surface area contributed by atoms with Crippen molar-refractivity contribution in [2.45, 2.75) is 32.8 Å². The van der Waals surface area contributed by atoms with Crippen molar-refractivity contribution in [3.05, 3.63) is 7.43 Å². The van der Waals surface area contributed by atoms with E-state index in [1.807, 2.05) is 0 Å². The summed E-state index contributed by atoms with van der Waals surface area (Å²) in [6.45, 7) is 4.32. The van der Waals surface area contributed by atoms with Gasteiger partial charge in [0.2, 0.25) is 0 Å². The molecule has 0 bridgehead atoms. The van der Waals surface area contributed by atoms with Crippen LogP contribution in [0.25, 0.3) is 0 Å². The number of hydrogen-bond donors (Lipinski definition) is 3. The van der Waals surface area contributed by atoms with E-state index >= 15 is 0 Å². The summed E-state index contributed by atoms with van der Waals surface area (Å²) >= 11 is 0. The molecule has 0 aromatic carbocycles. The Hall–Kier alpha value is -1.33. The Morgan fingerprint density at radius 3 is 1.92 bits per heavy atom. The molecule has 153 valence electrons. The van der Waals surface area contributed by atoms with Gasteiger partial charge in [-0.2, -0.15) is 0 Å². The number of nitrogens with one attached hydrogen (secondary N) is 2. The predicted molar refractivity (Wildman–Crippen MR) is 90.6 cm³/mol. The molecule has 10 nitrogen and oxygen atoms in total. The van der Waals surface area contributed by atoms with Gasteiger partial charge in [0, 0.05) is 44.7 Å². The van der Waals surface area contributed by atoms with E-state index in [-0.39, 0.29) is 64.6 Å². The van der Waals surface area contributed by atoms with Crippen LogP contribution in [0.15, 0.2) is 0 Å². The molecule has 0 aromatic heterocycles. The van der Waals surface area contributed by atoms with Crippen LogP contribution >= 0.6 is 0 Å². The second-order valence-electron chi connectivity index (χ2n) is 4.70. The van der Waals surface area contributed by atoms with Crippen molar-refractivity contribution in [3.63, 3.8) is 0 Å². The molecule has 0 saturated carbocycles. The van der Waals surface area contributed by atoms with Crippen molar-refractivity contribution in [3.8, 4) is 0 Å². The molecular formula is C15H30N3O7V-. The van der Waals surface area contributed by atoms with Crippen LogP contribution < -0.4 is 16.5 Å². The van der Waals surface area contributed by atoms with Gasteiger partial charge in [-0.3, -0.25) is 9.63 Å². The average Bonchev–Trinajstić information content (AvgIpc) is 2.54. The minimum Gasteiger partial charge on any atom is -0.447 e. The summed E-state index contributed by atoms with van der Waals surface area (Å²) in [6, 6.07) is 0. The number of ketones is 1. The Balaban J connectivity index is -0.00000264. The zero-order valence-electron chi connectivity index (χ0n) is 15.6. The maximum Gasteiger partial charge on any atom is 0.407 e. The molecule has 11 heteroatoms. The quantitative estimate of drug-likeness (QED) is 0.225. The number of amides is 2. The Morgan fingerprint density at radius 2 is 1.50 bits per heavy atom. The van der Waals surface area contributed by atoms with Crippen LogP contribution in [0, 0.1) is 7.43 Å². The fraction of sp³-hybridized carbons (Fsp3) is 0.733. The predicted octanol–water partition coefficient (Wildman–Crippen LogP) is 0.551. The van der Waals surface area contributed by atoms with E-state index in [2.05, 4.69) is 15.5 Å². The van der Waals surface area contributed by atoms with Crippen LogP contribution in [0.3, 0.4) is 0 Å². The number of carbonyl (C=O) groups excluding carboxylic acids is 3. The molecule has 0 atom stereocenters. The van der Waals surface area contributed by atoms with E-state index in [4.69, 9.17) is 20.1 Å². The molecule has 0 heterocycles. The molecule has 0 aliphatic heterocycles. The van der Waals surface area contributed by atoms with E-state index in [1.54, 1.807) is 13.8 Å². The summed E-state index contributed by atoms with van der Waals surface area (Å²) in [5.74, 6) is 4.66. The van der Waals surface area contributed by atoms with Gasteiger partial charge in [-0.25, -0.2) is 15.5 Å². The molecule has 1 radical (unpaired) electrons. The summed E-state index contributed by atoms with van der Waals surface area (Å²) in [4.78, 5) is 38.1. The van der Waals surface area contributed by atoms with Gasteiger partial charge in [0.05, 0.1) is 0 Å². The maximum absolute atomic E-state index is 11.3. The van der Waals surface area contributed by atoms with Crippen LogP contribution in [0.1, 0.15) is 26.7 Å². The van der Waals surface area contributed by atoms with Crippen LogP contribution in [0.5, 0.6) is 0 Å². The molecule has 4 N–H and O–H groups in total. The summed E-state index contributed by atoms with van der Waals surface area (Å²) in [5.41, 5.74) is 0. The molecule has 0 unspecified atom stereocenters. The summed E-state index contributed by atoms with van der Waals surface area (Å²) in [7, 11) is 0. The molecule has 26 heavy (non-hydrogen) atoms. The molecular weight excluding hydrogens is 385 g/mol. The summed E-state index contributed by atoms with van der Waals surface area (Å²) < 4.78 is 15.4. The summed E-state index contributed by atoms with van der Waals surface area (Å²) in [5, 5.41) is 4.95. The fourth-order valence-corrected chi connectivity index (χ4v) is 1.56. The Labute approximate surface area is 166 Å². The molecule has 0 aliphatic carbocycles.